The van der Waals surface area contributed by atoms with Crippen LogP contribution in [0.4, 0.5) is 0 Å². The van der Waals surface area contributed by atoms with Gasteiger partial charge in [0, 0.05) is 38.6 Å². The Bertz CT molecular complexity index is 288. The Morgan fingerprint density at radius 1 is 1.19 bits per heavy atom. The van der Waals surface area contributed by atoms with E-state index in [9.17, 15) is 4.79 Å². The standard InChI is InChI=1S/C7H7NO2.C4H10N2/c1-10-7(9)6-2-4-8-5-3-6;1-2-6-4-3-5-1/h2-5H,1H3;5-6H,1-4H2. The number of pyridine rings is 1. The van der Waals surface area contributed by atoms with Crippen LogP contribution in [0.2, 0.25) is 0 Å². The molecule has 1 saturated heterocycles. The minimum atomic E-state index is -0.331. The first-order chi connectivity index (χ1) is 7.84. The Hall–Kier alpha value is -1.46. The zero-order chi connectivity index (χ0) is 11.6. The summed E-state index contributed by atoms with van der Waals surface area (Å²) in [5.41, 5.74) is 0.525. The highest BCUT2D eigenvalue weighted by atomic mass is 16.5. The van der Waals surface area contributed by atoms with Crippen LogP contribution in [0.25, 0.3) is 0 Å². The van der Waals surface area contributed by atoms with Crippen LogP contribution < -0.4 is 10.6 Å². The number of aromatic nitrogens is 1. The number of carbonyl (C=O) groups is 1. The highest BCUT2D eigenvalue weighted by Crippen LogP contribution is 1.96. The van der Waals surface area contributed by atoms with Gasteiger partial charge in [-0.25, -0.2) is 4.79 Å². The average Bonchev–Trinajstić information content (AvgIpc) is 2.41. The minimum Gasteiger partial charge on any atom is -0.465 e. The molecular weight excluding hydrogens is 206 g/mol. The summed E-state index contributed by atoms with van der Waals surface area (Å²) in [4.78, 5) is 14.5. The first-order valence-corrected chi connectivity index (χ1v) is 5.24. The van der Waals surface area contributed by atoms with E-state index in [2.05, 4.69) is 20.4 Å². The Labute approximate surface area is 95.2 Å². The number of piperazine rings is 1. The third-order valence-corrected chi connectivity index (χ3v) is 2.06. The van der Waals surface area contributed by atoms with E-state index in [4.69, 9.17) is 0 Å². The second-order valence-electron chi connectivity index (χ2n) is 3.23. The van der Waals surface area contributed by atoms with Gasteiger partial charge in [0.25, 0.3) is 0 Å². The van der Waals surface area contributed by atoms with E-state index in [1.165, 1.54) is 7.11 Å². The molecule has 0 unspecified atom stereocenters. The predicted molar refractivity (Wildman–Crippen MR) is 61.3 cm³/mol. The zero-order valence-electron chi connectivity index (χ0n) is 9.40. The molecule has 0 spiro atoms. The molecule has 0 radical (unpaired) electrons. The molecule has 0 bridgehead atoms. The van der Waals surface area contributed by atoms with Crippen molar-refractivity contribution in [2.75, 3.05) is 33.3 Å². The van der Waals surface area contributed by atoms with Crippen LogP contribution in [0.5, 0.6) is 0 Å². The van der Waals surface area contributed by atoms with Gasteiger partial charge in [-0.3, -0.25) is 4.98 Å². The van der Waals surface area contributed by atoms with Crippen molar-refractivity contribution >= 4 is 5.97 Å². The molecule has 16 heavy (non-hydrogen) atoms. The molecular formula is C11H17N3O2. The monoisotopic (exact) mass is 223 g/mol. The molecule has 1 aromatic heterocycles. The van der Waals surface area contributed by atoms with E-state index >= 15 is 0 Å². The molecule has 1 aliphatic rings. The summed E-state index contributed by atoms with van der Waals surface area (Å²) in [7, 11) is 1.35. The molecule has 0 aliphatic carbocycles. The van der Waals surface area contributed by atoms with Crippen molar-refractivity contribution in [2.45, 2.75) is 0 Å². The SMILES string of the molecule is C1CNCCN1.COC(=O)c1ccncc1. The normalized spacial score (nSPS) is 14.6. The van der Waals surface area contributed by atoms with Gasteiger partial charge in [-0.05, 0) is 12.1 Å². The first-order valence-electron chi connectivity index (χ1n) is 5.24. The molecule has 0 atom stereocenters. The second kappa shape index (κ2) is 7.78. The fourth-order valence-electron chi connectivity index (χ4n) is 1.21. The Morgan fingerprint density at radius 2 is 1.69 bits per heavy atom. The smallest absolute Gasteiger partial charge is 0.337 e. The van der Waals surface area contributed by atoms with Gasteiger partial charge in [0.15, 0.2) is 0 Å². The van der Waals surface area contributed by atoms with E-state index in [0.717, 1.165) is 26.2 Å². The largest absolute Gasteiger partial charge is 0.465 e. The number of hydrogen-bond acceptors (Lipinski definition) is 5. The molecule has 2 heterocycles. The number of esters is 1. The lowest BCUT2D eigenvalue weighted by molar-refractivity contribution is 0.0600. The fourth-order valence-corrected chi connectivity index (χ4v) is 1.21. The lowest BCUT2D eigenvalue weighted by Gasteiger charge is -2.11. The third-order valence-electron chi connectivity index (χ3n) is 2.06. The van der Waals surface area contributed by atoms with Gasteiger partial charge in [-0.1, -0.05) is 0 Å². The first kappa shape index (κ1) is 12.6. The van der Waals surface area contributed by atoms with Crippen LogP contribution in [0, 0.1) is 0 Å². The Morgan fingerprint density at radius 3 is 2.06 bits per heavy atom. The molecule has 1 aliphatic heterocycles. The van der Waals surface area contributed by atoms with Crippen molar-refractivity contribution in [3.05, 3.63) is 30.1 Å². The molecule has 2 N–H and O–H groups in total. The number of carbonyl (C=O) groups excluding carboxylic acids is 1. The summed E-state index contributed by atoms with van der Waals surface area (Å²) in [6.07, 6.45) is 3.10. The quantitative estimate of drug-likeness (QED) is 0.659. The van der Waals surface area contributed by atoms with Crippen LogP contribution in [-0.2, 0) is 4.74 Å². The predicted octanol–water partition coefficient (Wildman–Crippen LogP) is 0.0474. The Kier molecular flexibility index (Phi) is 6.13. The van der Waals surface area contributed by atoms with Gasteiger partial charge >= 0.3 is 5.97 Å². The van der Waals surface area contributed by atoms with E-state index in [-0.39, 0.29) is 5.97 Å². The number of nitrogens with zero attached hydrogens (tertiary/aromatic N) is 1. The molecule has 0 saturated carbocycles. The molecule has 0 amide bonds. The number of ether oxygens (including phenoxy) is 1. The van der Waals surface area contributed by atoms with Gasteiger partial charge in [0.05, 0.1) is 12.7 Å². The fraction of sp³-hybridized carbons (Fsp3) is 0.455. The number of hydrogen-bond donors (Lipinski definition) is 2. The minimum absolute atomic E-state index is 0.331. The van der Waals surface area contributed by atoms with Crippen molar-refractivity contribution in [2.24, 2.45) is 0 Å². The van der Waals surface area contributed by atoms with Gasteiger partial charge in [0.2, 0.25) is 0 Å². The summed E-state index contributed by atoms with van der Waals surface area (Å²) in [5.74, 6) is -0.331. The van der Waals surface area contributed by atoms with Crippen LogP contribution >= 0.6 is 0 Å². The summed E-state index contributed by atoms with van der Waals surface area (Å²) < 4.78 is 4.47. The molecule has 5 nitrogen and oxygen atoms in total. The van der Waals surface area contributed by atoms with Crippen molar-refractivity contribution in [3.8, 4) is 0 Å². The summed E-state index contributed by atoms with van der Waals surface area (Å²) in [5, 5.41) is 6.44. The number of nitrogens with one attached hydrogen (secondary N) is 2. The summed E-state index contributed by atoms with van der Waals surface area (Å²) in [6.45, 7) is 4.56. The highest BCUT2D eigenvalue weighted by Gasteiger charge is 2.01. The molecule has 2 rings (SSSR count). The van der Waals surface area contributed by atoms with Crippen LogP contribution in [-0.4, -0.2) is 44.2 Å². The van der Waals surface area contributed by atoms with Crippen LogP contribution in [0.15, 0.2) is 24.5 Å². The maximum absolute atomic E-state index is 10.8. The highest BCUT2D eigenvalue weighted by molar-refractivity contribution is 5.88. The molecule has 1 fully saturated rings. The van der Waals surface area contributed by atoms with Crippen LogP contribution in [0.1, 0.15) is 10.4 Å². The lowest BCUT2D eigenvalue weighted by Crippen LogP contribution is -2.39. The maximum Gasteiger partial charge on any atom is 0.337 e. The molecule has 0 aromatic carbocycles. The van der Waals surface area contributed by atoms with Crippen molar-refractivity contribution in [1.82, 2.24) is 15.6 Å². The van der Waals surface area contributed by atoms with E-state index in [1.807, 2.05) is 0 Å². The van der Waals surface area contributed by atoms with Gasteiger partial charge in [0.1, 0.15) is 0 Å². The van der Waals surface area contributed by atoms with Crippen molar-refractivity contribution in [3.63, 3.8) is 0 Å². The van der Waals surface area contributed by atoms with E-state index in [1.54, 1.807) is 24.5 Å². The average molecular weight is 223 g/mol. The Balaban J connectivity index is 0.000000181. The molecule has 5 heteroatoms. The van der Waals surface area contributed by atoms with Crippen molar-refractivity contribution < 1.29 is 9.53 Å². The topological polar surface area (TPSA) is 63.2 Å². The lowest BCUT2D eigenvalue weighted by atomic mass is 10.3. The van der Waals surface area contributed by atoms with Gasteiger partial charge in [-0.15, -0.1) is 0 Å². The molecule has 88 valence electrons. The zero-order valence-corrected chi connectivity index (χ0v) is 9.40. The third kappa shape index (κ3) is 4.86. The van der Waals surface area contributed by atoms with E-state index < -0.39 is 0 Å². The van der Waals surface area contributed by atoms with E-state index in [0.29, 0.717) is 5.56 Å². The second-order valence-corrected chi connectivity index (χ2v) is 3.23. The summed E-state index contributed by atoms with van der Waals surface area (Å²) in [6, 6.07) is 3.21. The van der Waals surface area contributed by atoms with Crippen LogP contribution in [0.3, 0.4) is 0 Å². The summed E-state index contributed by atoms with van der Waals surface area (Å²) >= 11 is 0. The maximum atomic E-state index is 10.8. The van der Waals surface area contributed by atoms with Gasteiger partial charge in [-0.2, -0.15) is 0 Å². The van der Waals surface area contributed by atoms with Crippen molar-refractivity contribution in [1.29, 1.82) is 0 Å². The number of rotatable bonds is 1. The molecule has 1 aromatic rings. The number of methoxy groups -OCH3 is 1. The van der Waals surface area contributed by atoms with Gasteiger partial charge < -0.3 is 15.4 Å².